The van der Waals surface area contributed by atoms with Gasteiger partial charge in [-0.15, -0.1) is 0 Å². The Morgan fingerprint density at radius 3 is 2.84 bits per heavy atom. The van der Waals surface area contributed by atoms with Gasteiger partial charge in [0.1, 0.15) is 5.69 Å². The first-order valence-corrected chi connectivity index (χ1v) is 8.68. The number of pyridine rings is 1. The molecule has 1 aliphatic heterocycles. The summed E-state index contributed by atoms with van der Waals surface area (Å²) in [7, 11) is -3.00. The summed E-state index contributed by atoms with van der Waals surface area (Å²) in [6.07, 6.45) is 2.06. The van der Waals surface area contributed by atoms with E-state index in [0.29, 0.717) is 23.1 Å². The van der Waals surface area contributed by atoms with Crippen molar-refractivity contribution in [2.75, 3.05) is 18.1 Å². The number of rotatable bonds is 3. The number of nitrogens with zero attached hydrogens (tertiary/aromatic N) is 2. The van der Waals surface area contributed by atoms with Gasteiger partial charge in [-0.25, -0.2) is 13.4 Å². The number of aromatic nitrogens is 1. The Labute approximate surface area is 121 Å². The summed E-state index contributed by atoms with van der Waals surface area (Å²) in [5, 5.41) is 0. The summed E-state index contributed by atoms with van der Waals surface area (Å²) >= 11 is 3.30. The van der Waals surface area contributed by atoms with Crippen molar-refractivity contribution < 1.29 is 13.2 Å². The minimum absolute atomic E-state index is 0.0526. The summed E-state index contributed by atoms with van der Waals surface area (Å²) in [5.74, 6) is -0.0147. The molecule has 0 radical (unpaired) electrons. The molecule has 5 nitrogen and oxygen atoms in total. The van der Waals surface area contributed by atoms with E-state index in [1.165, 1.54) is 0 Å². The lowest BCUT2D eigenvalue weighted by Gasteiger charge is -2.26. The van der Waals surface area contributed by atoms with Crippen LogP contribution < -0.4 is 0 Å². The topological polar surface area (TPSA) is 67.3 Å². The van der Waals surface area contributed by atoms with Gasteiger partial charge < -0.3 is 4.90 Å². The van der Waals surface area contributed by atoms with Gasteiger partial charge in [0.15, 0.2) is 9.84 Å². The van der Waals surface area contributed by atoms with Crippen LogP contribution in [-0.2, 0) is 9.84 Å². The number of hydrogen-bond acceptors (Lipinski definition) is 4. The molecule has 1 aliphatic rings. The lowest BCUT2D eigenvalue weighted by atomic mass is 10.2. The second kappa shape index (κ2) is 5.58. The van der Waals surface area contributed by atoms with E-state index >= 15 is 0 Å². The molecule has 1 amide bonds. The van der Waals surface area contributed by atoms with Gasteiger partial charge >= 0.3 is 0 Å². The summed E-state index contributed by atoms with van der Waals surface area (Å²) < 4.78 is 23.7. The van der Waals surface area contributed by atoms with Crippen LogP contribution in [0.4, 0.5) is 0 Å². The van der Waals surface area contributed by atoms with E-state index in [1.54, 1.807) is 23.2 Å². The highest BCUT2D eigenvalue weighted by Crippen LogP contribution is 2.22. The maximum absolute atomic E-state index is 12.4. The van der Waals surface area contributed by atoms with E-state index in [0.717, 1.165) is 0 Å². The summed E-state index contributed by atoms with van der Waals surface area (Å²) in [4.78, 5) is 18.1. The molecule has 1 aromatic heterocycles. The molecule has 19 heavy (non-hydrogen) atoms. The van der Waals surface area contributed by atoms with Crippen molar-refractivity contribution in [3.8, 4) is 0 Å². The highest BCUT2D eigenvalue weighted by molar-refractivity contribution is 9.10. The molecule has 1 fully saturated rings. The molecule has 0 N–H and O–H groups in total. The van der Waals surface area contributed by atoms with Crippen molar-refractivity contribution in [2.24, 2.45) is 0 Å². The summed E-state index contributed by atoms with van der Waals surface area (Å²) in [5.41, 5.74) is 0.327. The van der Waals surface area contributed by atoms with Gasteiger partial charge in [-0.2, -0.15) is 0 Å². The normalized spacial score (nSPS) is 21.3. The van der Waals surface area contributed by atoms with E-state index in [2.05, 4.69) is 20.9 Å². The average molecular weight is 347 g/mol. The Morgan fingerprint density at radius 2 is 2.32 bits per heavy atom. The van der Waals surface area contributed by atoms with Crippen LogP contribution in [0.15, 0.2) is 22.8 Å². The van der Waals surface area contributed by atoms with Gasteiger partial charge in [-0.05, 0) is 41.4 Å². The zero-order valence-corrected chi connectivity index (χ0v) is 12.9. The minimum Gasteiger partial charge on any atom is -0.334 e. The van der Waals surface area contributed by atoms with Gasteiger partial charge in [0.25, 0.3) is 5.91 Å². The smallest absolute Gasteiger partial charge is 0.273 e. The molecule has 1 aromatic rings. The maximum atomic E-state index is 12.4. The fraction of sp³-hybridized carbons (Fsp3) is 0.500. The Hall–Kier alpha value is -0.950. The van der Waals surface area contributed by atoms with Crippen LogP contribution in [0.3, 0.4) is 0 Å². The highest BCUT2D eigenvalue weighted by atomic mass is 79.9. The van der Waals surface area contributed by atoms with Crippen LogP contribution in [0, 0.1) is 0 Å². The van der Waals surface area contributed by atoms with Gasteiger partial charge in [0.2, 0.25) is 0 Å². The number of amides is 1. The third kappa shape index (κ3) is 3.14. The standard InChI is InChI=1S/C12H15BrN2O3S/c1-2-15(9-5-7-19(17,18)8-9)12(16)11-10(13)4-3-6-14-11/h3-4,6,9H,2,5,7-8H2,1H3. The van der Waals surface area contributed by atoms with Crippen LogP contribution in [0.1, 0.15) is 23.8 Å². The lowest BCUT2D eigenvalue weighted by Crippen LogP contribution is -2.41. The zero-order chi connectivity index (χ0) is 14.0. The van der Waals surface area contributed by atoms with Crippen molar-refractivity contribution >= 4 is 31.7 Å². The first-order valence-electron chi connectivity index (χ1n) is 6.06. The Bertz CT molecular complexity index is 588. The van der Waals surface area contributed by atoms with Crippen LogP contribution >= 0.6 is 15.9 Å². The molecule has 0 bridgehead atoms. The van der Waals surface area contributed by atoms with Crippen molar-refractivity contribution in [1.82, 2.24) is 9.88 Å². The molecule has 2 rings (SSSR count). The second-order valence-corrected chi connectivity index (χ2v) is 7.56. The average Bonchev–Trinajstić information content (AvgIpc) is 2.71. The molecule has 0 aromatic carbocycles. The molecule has 7 heteroatoms. The molecule has 2 heterocycles. The number of hydrogen-bond donors (Lipinski definition) is 0. The molecule has 0 spiro atoms. The van der Waals surface area contributed by atoms with Crippen molar-refractivity contribution in [3.63, 3.8) is 0 Å². The van der Waals surface area contributed by atoms with Crippen molar-refractivity contribution in [3.05, 3.63) is 28.5 Å². The van der Waals surface area contributed by atoms with E-state index in [4.69, 9.17) is 0 Å². The van der Waals surface area contributed by atoms with Crippen molar-refractivity contribution in [2.45, 2.75) is 19.4 Å². The highest BCUT2D eigenvalue weighted by Gasteiger charge is 2.34. The van der Waals surface area contributed by atoms with Gasteiger partial charge in [0, 0.05) is 23.3 Å². The zero-order valence-electron chi connectivity index (χ0n) is 10.5. The number of carbonyl (C=O) groups excluding carboxylic acids is 1. The van der Waals surface area contributed by atoms with Gasteiger partial charge in [-0.1, -0.05) is 0 Å². The van der Waals surface area contributed by atoms with Crippen LogP contribution in [-0.4, -0.2) is 48.3 Å². The van der Waals surface area contributed by atoms with Gasteiger partial charge in [0.05, 0.1) is 11.5 Å². The van der Waals surface area contributed by atoms with E-state index in [1.807, 2.05) is 6.92 Å². The molecular weight excluding hydrogens is 332 g/mol. The number of carbonyl (C=O) groups is 1. The van der Waals surface area contributed by atoms with E-state index < -0.39 is 9.84 Å². The van der Waals surface area contributed by atoms with E-state index in [9.17, 15) is 13.2 Å². The molecular formula is C12H15BrN2O3S. The van der Waals surface area contributed by atoms with Crippen LogP contribution in [0.2, 0.25) is 0 Å². The summed E-state index contributed by atoms with van der Waals surface area (Å²) in [6, 6.07) is 3.24. The van der Waals surface area contributed by atoms with Crippen LogP contribution in [0.25, 0.3) is 0 Å². The minimum atomic E-state index is -3.00. The van der Waals surface area contributed by atoms with Crippen molar-refractivity contribution in [1.29, 1.82) is 0 Å². The fourth-order valence-corrected chi connectivity index (χ4v) is 4.42. The monoisotopic (exact) mass is 346 g/mol. The van der Waals surface area contributed by atoms with E-state index in [-0.39, 0.29) is 23.5 Å². The quantitative estimate of drug-likeness (QED) is 0.831. The predicted molar refractivity (Wildman–Crippen MR) is 75.7 cm³/mol. The predicted octanol–water partition coefficient (Wildman–Crippen LogP) is 1.49. The number of sulfone groups is 1. The second-order valence-electron chi connectivity index (χ2n) is 4.48. The molecule has 1 unspecified atom stereocenters. The maximum Gasteiger partial charge on any atom is 0.273 e. The molecule has 1 saturated heterocycles. The Balaban J connectivity index is 2.24. The Kier molecular flexibility index (Phi) is 4.25. The fourth-order valence-electron chi connectivity index (χ4n) is 2.27. The largest absolute Gasteiger partial charge is 0.334 e. The van der Waals surface area contributed by atoms with Crippen LogP contribution in [0.5, 0.6) is 0 Å². The first kappa shape index (κ1) is 14.5. The molecule has 1 atom stereocenters. The Morgan fingerprint density at radius 1 is 1.58 bits per heavy atom. The molecule has 0 aliphatic carbocycles. The first-order chi connectivity index (χ1) is 8.94. The lowest BCUT2D eigenvalue weighted by molar-refractivity contribution is 0.0701. The molecule has 104 valence electrons. The number of halogens is 1. The third-order valence-electron chi connectivity index (χ3n) is 3.21. The summed E-state index contributed by atoms with van der Waals surface area (Å²) in [6.45, 7) is 2.32. The molecule has 0 saturated carbocycles. The van der Waals surface area contributed by atoms with Gasteiger partial charge in [-0.3, -0.25) is 4.79 Å². The third-order valence-corrected chi connectivity index (χ3v) is 5.60. The SMILES string of the molecule is CCN(C(=O)c1ncccc1Br)C1CCS(=O)(=O)C1.